The van der Waals surface area contributed by atoms with Crippen LogP contribution in [0.25, 0.3) is 10.9 Å². The van der Waals surface area contributed by atoms with Crippen molar-refractivity contribution in [3.63, 3.8) is 0 Å². The zero-order chi connectivity index (χ0) is 24.3. The molecule has 0 saturated carbocycles. The normalized spacial score (nSPS) is 10.8. The predicted octanol–water partition coefficient (Wildman–Crippen LogP) is 3.16. The first-order chi connectivity index (χ1) is 16.5. The Kier molecular flexibility index (Phi) is 9.34. The number of nitrogens with one attached hydrogen (secondary N) is 1. The van der Waals surface area contributed by atoms with E-state index >= 15 is 0 Å². The van der Waals surface area contributed by atoms with Crippen LogP contribution in [0.3, 0.4) is 0 Å². The minimum atomic E-state index is -0.134. The van der Waals surface area contributed by atoms with Gasteiger partial charge in [-0.1, -0.05) is 6.07 Å². The lowest BCUT2D eigenvalue weighted by Gasteiger charge is -2.22. The van der Waals surface area contributed by atoms with Gasteiger partial charge in [-0.25, -0.2) is 0 Å². The molecule has 182 valence electrons. The molecule has 3 aromatic rings. The second-order valence-electron chi connectivity index (χ2n) is 7.92. The molecule has 0 aliphatic heterocycles. The van der Waals surface area contributed by atoms with Crippen LogP contribution in [0.2, 0.25) is 0 Å². The van der Waals surface area contributed by atoms with Gasteiger partial charge >= 0.3 is 0 Å². The van der Waals surface area contributed by atoms with Gasteiger partial charge in [0.05, 0.1) is 27.4 Å². The first-order valence-electron chi connectivity index (χ1n) is 11.4. The number of carbonyl (C=O) groups is 1. The second kappa shape index (κ2) is 12.6. The van der Waals surface area contributed by atoms with Gasteiger partial charge in [0.1, 0.15) is 5.75 Å². The van der Waals surface area contributed by atoms with E-state index in [-0.39, 0.29) is 18.1 Å². The van der Waals surface area contributed by atoms with E-state index < -0.39 is 0 Å². The van der Waals surface area contributed by atoms with E-state index in [1.54, 1.807) is 25.2 Å². The van der Waals surface area contributed by atoms with Crippen molar-refractivity contribution in [2.45, 2.75) is 25.7 Å². The summed E-state index contributed by atoms with van der Waals surface area (Å²) in [5.41, 5.74) is 1.66. The highest BCUT2D eigenvalue weighted by atomic mass is 16.5. The van der Waals surface area contributed by atoms with E-state index in [9.17, 15) is 14.7 Å². The molecule has 0 aliphatic carbocycles. The van der Waals surface area contributed by atoms with Crippen molar-refractivity contribution < 1.29 is 24.1 Å². The number of pyridine rings is 1. The number of unbranched alkanes of at least 4 members (excludes halogenated alkanes) is 1. The molecule has 1 aromatic heterocycles. The Morgan fingerprint density at radius 2 is 1.79 bits per heavy atom. The Hall–Kier alpha value is -3.52. The number of rotatable bonds is 13. The largest absolute Gasteiger partial charge is 0.494 e. The first-order valence-corrected chi connectivity index (χ1v) is 11.4. The number of aliphatic hydroxyl groups is 1. The van der Waals surface area contributed by atoms with Gasteiger partial charge in [0.2, 0.25) is 11.5 Å². The molecule has 0 radical (unpaired) electrons. The summed E-state index contributed by atoms with van der Waals surface area (Å²) < 4.78 is 16.4. The van der Waals surface area contributed by atoms with E-state index in [2.05, 4.69) is 4.98 Å². The molecule has 0 aliphatic rings. The fourth-order valence-corrected chi connectivity index (χ4v) is 3.73. The number of aliphatic hydroxyl groups excluding tert-OH is 1. The van der Waals surface area contributed by atoms with E-state index in [0.717, 1.165) is 28.6 Å². The van der Waals surface area contributed by atoms with Gasteiger partial charge in [-0.3, -0.25) is 9.59 Å². The standard InChI is InChI=1S/C26H32N2O6/c1-32-23-10-6-19(17-24(23)33-2)12-13-28(14-15-29)26(31)5-3-4-16-34-21-8-9-22-20(18-21)7-11-25(30)27-22/h6-11,17-18,29H,3-5,12-16H2,1-2H3,(H,27,30). The minimum Gasteiger partial charge on any atom is -0.494 e. The third-order valence-corrected chi connectivity index (χ3v) is 5.59. The Morgan fingerprint density at radius 3 is 2.56 bits per heavy atom. The Morgan fingerprint density at radius 1 is 0.971 bits per heavy atom. The average molecular weight is 469 g/mol. The first kappa shape index (κ1) is 25.1. The number of amides is 1. The number of hydrogen-bond acceptors (Lipinski definition) is 6. The minimum absolute atomic E-state index is 0.0178. The van der Waals surface area contributed by atoms with Crippen LogP contribution in [0.5, 0.6) is 17.2 Å². The number of H-pyrrole nitrogens is 1. The third kappa shape index (κ3) is 6.99. The maximum atomic E-state index is 12.7. The molecule has 1 heterocycles. The quantitative estimate of drug-likeness (QED) is 0.374. The number of ether oxygens (including phenoxy) is 3. The van der Waals surface area contributed by atoms with Gasteiger partial charge in [-0.05, 0) is 61.2 Å². The highest BCUT2D eigenvalue weighted by Crippen LogP contribution is 2.27. The van der Waals surface area contributed by atoms with Crippen LogP contribution in [-0.4, -0.2) is 61.4 Å². The van der Waals surface area contributed by atoms with E-state index in [1.807, 2.05) is 36.4 Å². The maximum Gasteiger partial charge on any atom is 0.248 e. The molecule has 2 N–H and O–H groups in total. The molecular formula is C26H32N2O6. The summed E-state index contributed by atoms with van der Waals surface area (Å²) in [5.74, 6) is 2.06. The zero-order valence-electron chi connectivity index (χ0n) is 19.7. The van der Waals surface area contributed by atoms with Crippen molar-refractivity contribution in [2.75, 3.05) is 40.5 Å². The molecule has 0 unspecified atom stereocenters. The third-order valence-electron chi connectivity index (χ3n) is 5.59. The van der Waals surface area contributed by atoms with Crippen LogP contribution in [-0.2, 0) is 11.2 Å². The summed E-state index contributed by atoms with van der Waals surface area (Å²) in [6.45, 7) is 1.24. The zero-order valence-corrected chi connectivity index (χ0v) is 19.7. The van der Waals surface area contributed by atoms with Gasteiger partial charge in [0, 0.05) is 36.5 Å². The van der Waals surface area contributed by atoms with Crippen molar-refractivity contribution in [3.8, 4) is 17.2 Å². The number of methoxy groups -OCH3 is 2. The number of aromatic nitrogens is 1. The van der Waals surface area contributed by atoms with Gasteiger partial charge in [-0.15, -0.1) is 0 Å². The van der Waals surface area contributed by atoms with Crippen molar-refractivity contribution >= 4 is 16.8 Å². The summed E-state index contributed by atoms with van der Waals surface area (Å²) in [5, 5.41) is 10.3. The van der Waals surface area contributed by atoms with Crippen LogP contribution < -0.4 is 19.8 Å². The van der Waals surface area contributed by atoms with Crippen molar-refractivity contribution in [1.29, 1.82) is 0 Å². The molecule has 0 fully saturated rings. The molecule has 0 saturated heterocycles. The van der Waals surface area contributed by atoms with Crippen molar-refractivity contribution in [3.05, 3.63) is 64.4 Å². The number of hydrogen-bond donors (Lipinski definition) is 2. The molecule has 3 rings (SSSR count). The molecule has 2 aromatic carbocycles. The topological polar surface area (TPSA) is 101 Å². The Bertz CT molecular complexity index is 1140. The number of nitrogens with zero attached hydrogens (tertiary/aromatic N) is 1. The number of fused-ring (bicyclic) bond motifs is 1. The van der Waals surface area contributed by atoms with E-state index in [4.69, 9.17) is 14.2 Å². The molecule has 1 amide bonds. The van der Waals surface area contributed by atoms with E-state index in [0.29, 0.717) is 50.5 Å². The highest BCUT2D eigenvalue weighted by molar-refractivity contribution is 5.79. The lowest BCUT2D eigenvalue weighted by atomic mass is 10.1. The summed E-state index contributed by atoms with van der Waals surface area (Å²) >= 11 is 0. The average Bonchev–Trinajstić information content (AvgIpc) is 2.85. The van der Waals surface area contributed by atoms with Gasteiger partial charge in [0.15, 0.2) is 11.5 Å². The fourth-order valence-electron chi connectivity index (χ4n) is 3.73. The van der Waals surface area contributed by atoms with Crippen molar-refractivity contribution in [2.24, 2.45) is 0 Å². The van der Waals surface area contributed by atoms with Crippen LogP contribution >= 0.6 is 0 Å². The number of benzene rings is 2. The molecule has 8 heteroatoms. The van der Waals surface area contributed by atoms with Crippen molar-refractivity contribution in [1.82, 2.24) is 9.88 Å². The summed E-state index contributed by atoms with van der Waals surface area (Å²) in [6, 6.07) is 14.5. The summed E-state index contributed by atoms with van der Waals surface area (Å²) in [7, 11) is 3.18. The van der Waals surface area contributed by atoms with E-state index in [1.165, 1.54) is 6.07 Å². The molecule has 8 nitrogen and oxygen atoms in total. The lowest BCUT2D eigenvalue weighted by molar-refractivity contribution is -0.131. The smallest absolute Gasteiger partial charge is 0.248 e. The van der Waals surface area contributed by atoms with Gasteiger partial charge < -0.3 is 29.2 Å². The molecule has 0 spiro atoms. The monoisotopic (exact) mass is 468 g/mol. The molecule has 0 bridgehead atoms. The summed E-state index contributed by atoms with van der Waals surface area (Å²) in [4.78, 5) is 28.5. The second-order valence-corrected chi connectivity index (χ2v) is 7.92. The number of aromatic amines is 1. The van der Waals surface area contributed by atoms with Crippen LogP contribution in [0.4, 0.5) is 0 Å². The lowest BCUT2D eigenvalue weighted by Crippen LogP contribution is -2.35. The fraction of sp³-hybridized carbons (Fsp3) is 0.385. The van der Waals surface area contributed by atoms with Crippen LogP contribution in [0.1, 0.15) is 24.8 Å². The molecule has 34 heavy (non-hydrogen) atoms. The SMILES string of the molecule is COc1ccc(CCN(CCO)C(=O)CCCCOc2ccc3[nH]c(=O)ccc3c2)cc1OC. The van der Waals surface area contributed by atoms with Crippen LogP contribution in [0, 0.1) is 0 Å². The highest BCUT2D eigenvalue weighted by Gasteiger charge is 2.13. The maximum absolute atomic E-state index is 12.7. The predicted molar refractivity (Wildman–Crippen MR) is 131 cm³/mol. The molecular weight excluding hydrogens is 436 g/mol. The molecule has 0 atom stereocenters. The summed E-state index contributed by atoms with van der Waals surface area (Å²) in [6.07, 6.45) is 2.48. The Labute approximate surface area is 199 Å². The van der Waals surface area contributed by atoms with Gasteiger partial charge in [-0.2, -0.15) is 0 Å². The number of carbonyl (C=O) groups excluding carboxylic acids is 1. The Balaban J connectivity index is 1.43. The van der Waals surface area contributed by atoms with Crippen LogP contribution in [0.15, 0.2) is 53.3 Å². The van der Waals surface area contributed by atoms with Gasteiger partial charge in [0.25, 0.3) is 0 Å².